The van der Waals surface area contributed by atoms with Crippen molar-refractivity contribution in [3.63, 3.8) is 0 Å². The SMILES string of the molecule is CN(CCC1CCN(C(=O)OC(C)(C)C)CC1)C(=O)OCC1c2ccccc2-c2ccccc21. The molecule has 1 saturated heterocycles. The Hall–Kier alpha value is -3.02. The second-order valence-corrected chi connectivity index (χ2v) is 10.4. The molecule has 6 nitrogen and oxygen atoms in total. The lowest BCUT2D eigenvalue weighted by Crippen LogP contribution is -2.42. The summed E-state index contributed by atoms with van der Waals surface area (Å²) in [5, 5.41) is 0. The first kappa shape index (κ1) is 24.1. The highest BCUT2D eigenvalue weighted by Gasteiger charge is 2.30. The average Bonchev–Trinajstić information content (AvgIpc) is 3.14. The van der Waals surface area contributed by atoms with E-state index in [0.717, 1.165) is 19.3 Å². The van der Waals surface area contributed by atoms with Crippen molar-refractivity contribution in [2.45, 2.75) is 51.6 Å². The van der Waals surface area contributed by atoms with E-state index in [4.69, 9.17) is 9.47 Å². The number of hydrogen-bond donors (Lipinski definition) is 0. The van der Waals surface area contributed by atoms with E-state index < -0.39 is 5.60 Å². The van der Waals surface area contributed by atoms with Gasteiger partial charge in [-0.3, -0.25) is 0 Å². The minimum Gasteiger partial charge on any atom is -0.448 e. The Morgan fingerprint density at radius 2 is 1.53 bits per heavy atom. The van der Waals surface area contributed by atoms with Crippen LogP contribution in [-0.2, 0) is 9.47 Å². The van der Waals surface area contributed by atoms with E-state index in [-0.39, 0.29) is 18.1 Å². The topological polar surface area (TPSA) is 59.1 Å². The second kappa shape index (κ2) is 10.1. The summed E-state index contributed by atoms with van der Waals surface area (Å²) in [4.78, 5) is 28.4. The number of ether oxygens (including phenoxy) is 2. The number of fused-ring (bicyclic) bond motifs is 3. The lowest BCUT2D eigenvalue weighted by Gasteiger charge is -2.34. The number of carbonyl (C=O) groups is 2. The third-order valence-corrected chi connectivity index (χ3v) is 6.79. The maximum atomic E-state index is 12.7. The predicted molar refractivity (Wildman–Crippen MR) is 133 cm³/mol. The zero-order valence-corrected chi connectivity index (χ0v) is 20.8. The van der Waals surface area contributed by atoms with Crippen molar-refractivity contribution in [3.8, 4) is 11.1 Å². The number of hydrogen-bond acceptors (Lipinski definition) is 4. The van der Waals surface area contributed by atoms with E-state index >= 15 is 0 Å². The standard InChI is InChI=1S/C28H36N2O4/c1-28(2,3)34-27(32)30-17-14-20(15-18-30)13-16-29(4)26(31)33-19-25-23-11-7-5-9-21(23)22-10-6-8-12-24(22)25/h5-12,20,25H,13-19H2,1-4H3. The predicted octanol–water partition coefficient (Wildman–Crippen LogP) is 5.90. The minimum absolute atomic E-state index is 0.0712. The van der Waals surface area contributed by atoms with Gasteiger partial charge in [0, 0.05) is 32.6 Å². The molecule has 34 heavy (non-hydrogen) atoms. The van der Waals surface area contributed by atoms with Crippen LogP contribution in [0, 0.1) is 5.92 Å². The van der Waals surface area contributed by atoms with Crippen LogP contribution in [0.4, 0.5) is 9.59 Å². The molecule has 0 radical (unpaired) electrons. The molecule has 1 aliphatic heterocycles. The highest BCUT2D eigenvalue weighted by atomic mass is 16.6. The van der Waals surface area contributed by atoms with Gasteiger partial charge < -0.3 is 19.3 Å². The van der Waals surface area contributed by atoms with Gasteiger partial charge in [-0.25, -0.2) is 9.59 Å². The van der Waals surface area contributed by atoms with Gasteiger partial charge in [0.05, 0.1) is 0 Å². The lowest BCUT2D eigenvalue weighted by molar-refractivity contribution is 0.0179. The quantitative estimate of drug-likeness (QED) is 0.552. The second-order valence-electron chi connectivity index (χ2n) is 10.4. The summed E-state index contributed by atoms with van der Waals surface area (Å²) in [7, 11) is 1.80. The van der Waals surface area contributed by atoms with Crippen molar-refractivity contribution in [3.05, 3.63) is 59.7 Å². The highest BCUT2D eigenvalue weighted by Crippen LogP contribution is 2.44. The molecule has 6 heteroatoms. The Bertz CT molecular complexity index is 976. The number of nitrogens with zero attached hydrogens (tertiary/aromatic N) is 2. The molecule has 0 N–H and O–H groups in total. The van der Waals surface area contributed by atoms with E-state index in [1.165, 1.54) is 22.3 Å². The fourth-order valence-corrected chi connectivity index (χ4v) is 4.90. The number of benzene rings is 2. The molecule has 1 heterocycles. The van der Waals surface area contributed by atoms with E-state index in [2.05, 4.69) is 36.4 Å². The van der Waals surface area contributed by atoms with Crippen molar-refractivity contribution in [1.29, 1.82) is 0 Å². The minimum atomic E-state index is -0.473. The third-order valence-electron chi connectivity index (χ3n) is 6.79. The van der Waals surface area contributed by atoms with Gasteiger partial charge in [0.2, 0.25) is 0 Å². The Morgan fingerprint density at radius 3 is 2.09 bits per heavy atom. The van der Waals surface area contributed by atoms with Crippen molar-refractivity contribution in [1.82, 2.24) is 9.80 Å². The van der Waals surface area contributed by atoms with Gasteiger partial charge in [0.25, 0.3) is 0 Å². The molecule has 4 rings (SSSR count). The van der Waals surface area contributed by atoms with Crippen LogP contribution in [0.25, 0.3) is 11.1 Å². The van der Waals surface area contributed by atoms with E-state index in [9.17, 15) is 9.59 Å². The van der Waals surface area contributed by atoms with Crippen LogP contribution in [0.5, 0.6) is 0 Å². The van der Waals surface area contributed by atoms with Crippen molar-refractivity contribution in [2.24, 2.45) is 5.92 Å². The van der Waals surface area contributed by atoms with Crippen molar-refractivity contribution < 1.29 is 19.1 Å². The summed E-state index contributed by atoms with van der Waals surface area (Å²) in [6, 6.07) is 16.7. The summed E-state index contributed by atoms with van der Waals surface area (Å²) in [6.07, 6.45) is 2.24. The van der Waals surface area contributed by atoms with Crippen LogP contribution in [-0.4, -0.2) is 60.9 Å². The summed E-state index contributed by atoms with van der Waals surface area (Å²) in [5.41, 5.74) is 4.42. The molecule has 2 aromatic rings. The zero-order valence-electron chi connectivity index (χ0n) is 20.8. The Labute approximate surface area is 202 Å². The Morgan fingerprint density at radius 1 is 0.971 bits per heavy atom. The first-order valence-corrected chi connectivity index (χ1v) is 12.3. The maximum absolute atomic E-state index is 12.7. The first-order chi connectivity index (χ1) is 16.2. The molecular weight excluding hydrogens is 428 g/mol. The number of piperidine rings is 1. The third kappa shape index (κ3) is 5.54. The Balaban J connectivity index is 1.23. The molecule has 0 saturated carbocycles. The zero-order chi connectivity index (χ0) is 24.3. The molecule has 1 fully saturated rings. The van der Waals surface area contributed by atoms with Gasteiger partial charge in [0.1, 0.15) is 12.2 Å². The molecule has 182 valence electrons. The monoisotopic (exact) mass is 464 g/mol. The number of rotatable bonds is 5. The number of carbonyl (C=O) groups excluding carboxylic acids is 2. The largest absolute Gasteiger partial charge is 0.448 e. The van der Waals surface area contributed by atoms with Crippen LogP contribution in [0.3, 0.4) is 0 Å². The molecule has 2 amide bonds. The number of likely N-dealkylation sites (tertiary alicyclic amines) is 1. The van der Waals surface area contributed by atoms with Gasteiger partial charge in [-0.15, -0.1) is 0 Å². The molecule has 1 aliphatic carbocycles. The maximum Gasteiger partial charge on any atom is 0.410 e. The summed E-state index contributed by atoms with van der Waals surface area (Å²) < 4.78 is 11.2. The van der Waals surface area contributed by atoms with Gasteiger partial charge in [0.15, 0.2) is 0 Å². The van der Waals surface area contributed by atoms with Crippen LogP contribution >= 0.6 is 0 Å². The van der Waals surface area contributed by atoms with Crippen LogP contribution in [0.15, 0.2) is 48.5 Å². The molecule has 2 aromatic carbocycles. The number of amides is 2. The van der Waals surface area contributed by atoms with Crippen LogP contribution < -0.4 is 0 Å². The normalized spacial score (nSPS) is 16.1. The first-order valence-electron chi connectivity index (χ1n) is 12.3. The molecule has 2 aliphatic rings. The molecular formula is C28H36N2O4. The molecule has 0 unspecified atom stereocenters. The van der Waals surface area contributed by atoms with Gasteiger partial charge in [-0.1, -0.05) is 48.5 Å². The summed E-state index contributed by atoms with van der Waals surface area (Å²) >= 11 is 0. The lowest BCUT2D eigenvalue weighted by atomic mass is 9.93. The molecule has 0 bridgehead atoms. The molecule has 0 aromatic heterocycles. The highest BCUT2D eigenvalue weighted by molar-refractivity contribution is 5.79. The van der Waals surface area contributed by atoms with Gasteiger partial charge in [-0.2, -0.15) is 0 Å². The average molecular weight is 465 g/mol. The smallest absolute Gasteiger partial charge is 0.410 e. The van der Waals surface area contributed by atoms with Crippen LogP contribution in [0.1, 0.15) is 57.1 Å². The summed E-state index contributed by atoms with van der Waals surface area (Å²) in [5.74, 6) is 0.560. The van der Waals surface area contributed by atoms with Crippen LogP contribution in [0.2, 0.25) is 0 Å². The Kier molecular flexibility index (Phi) is 7.15. The molecule has 0 atom stereocenters. The fraction of sp³-hybridized carbons (Fsp3) is 0.500. The van der Waals surface area contributed by atoms with Gasteiger partial charge >= 0.3 is 12.2 Å². The summed E-state index contributed by atoms with van der Waals surface area (Å²) in [6.45, 7) is 8.05. The van der Waals surface area contributed by atoms with Crippen molar-refractivity contribution >= 4 is 12.2 Å². The van der Waals surface area contributed by atoms with E-state index in [0.29, 0.717) is 32.2 Å². The van der Waals surface area contributed by atoms with Crippen molar-refractivity contribution in [2.75, 3.05) is 33.3 Å². The fourth-order valence-electron chi connectivity index (χ4n) is 4.90. The molecule has 0 spiro atoms. The van der Waals surface area contributed by atoms with E-state index in [1.54, 1.807) is 16.8 Å². The van der Waals surface area contributed by atoms with E-state index in [1.807, 2.05) is 32.9 Å². The van der Waals surface area contributed by atoms with Gasteiger partial charge in [-0.05, 0) is 68.2 Å².